The van der Waals surface area contributed by atoms with Gasteiger partial charge in [-0.2, -0.15) is 0 Å². The number of hydrogen-bond acceptors (Lipinski definition) is 4. The second-order valence-electron chi connectivity index (χ2n) is 5.04. The molecule has 0 spiro atoms. The van der Waals surface area contributed by atoms with Gasteiger partial charge in [0.2, 0.25) is 5.91 Å². The standard InChI is InChI=1S/C16H16N2O5/c19-14(8-18(9-15(20)21)10-16(22)23)17-13-6-5-11-3-1-2-4-12(11)7-13/h1-7H,8-10H2,(H,17,19)(H,20,21)(H,22,23). The van der Waals surface area contributed by atoms with Crippen LogP contribution in [0.3, 0.4) is 0 Å². The number of anilines is 1. The van der Waals surface area contributed by atoms with Gasteiger partial charge in [-0.3, -0.25) is 19.3 Å². The Morgan fingerprint density at radius 3 is 2.09 bits per heavy atom. The van der Waals surface area contributed by atoms with Crippen molar-refractivity contribution >= 4 is 34.3 Å². The zero-order valence-electron chi connectivity index (χ0n) is 12.2. The van der Waals surface area contributed by atoms with Gasteiger partial charge in [-0.05, 0) is 22.9 Å². The maximum atomic E-state index is 12.0. The number of amides is 1. The minimum Gasteiger partial charge on any atom is -0.480 e. The second-order valence-corrected chi connectivity index (χ2v) is 5.04. The molecule has 0 atom stereocenters. The van der Waals surface area contributed by atoms with Crippen LogP contribution in [0.1, 0.15) is 0 Å². The van der Waals surface area contributed by atoms with E-state index in [1.165, 1.54) is 0 Å². The van der Waals surface area contributed by atoms with Crippen LogP contribution in [0, 0.1) is 0 Å². The van der Waals surface area contributed by atoms with Crippen molar-refractivity contribution in [3.8, 4) is 0 Å². The van der Waals surface area contributed by atoms with Gasteiger partial charge < -0.3 is 15.5 Å². The lowest BCUT2D eigenvalue weighted by Gasteiger charge is -2.17. The molecular formula is C16H16N2O5. The first-order valence-corrected chi connectivity index (χ1v) is 6.88. The zero-order chi connectivity index (χ0) is 16.8. The van der Waals surface area contributed by atoms with Gasteiger partial charge in [-0.25, -0.2) is 0 Å². The highest BCUT2D eigenvalue weighted by molar-refractivity contribution is 5.95. The third-order valence-corrected chi connectivity index (χ3v) is 3.12. The quantitative estimate of drug-likeness (QED) is 0.709. The molecule has 120 valence electrons. The fourth-order valence-corrected chi connectivity index (χ4v) is 2.22. The zero-order valence-corrected chi connectivity index (χ0v) is 12.2. The Morgan fingerprint density at radius 1 is 0.870 bits per heavy atom. The van der Waals surface area contributed by atoms with Crippen molar-refractivity contribution < 1.29 is 24.6 Å². The molecule has 0 aliphatic carbocycles. The number of benzene rings is 2. The average molecular weight is 316 g/mol. The van der Waals surface area contributed by atoms with Crippen molar-refractivity contribution in [3.63, 3.8) is 0 Å². The minimum absolute atomic E-state index is 0.314. The summed E-state index contributed by atoms with van der Waals surface area (Å²) in [6.45, 7) is -1.35. The molecule has 0 aliphatic heterocycles. The summed E-state index contributed by atoms with van der Waals surface area (Å²) < 4.78 is 0. The number of nitrogens with zero attached hydrogens (tertiary/aromatic N) is 1. The summed E-state index contributed by atoms with van der Waals surface area (Å²) in [6, 6.07) is 13.0. The van der Waals surface area contributed by atoms with E-state index in [1.54, 1.807) is 12.1 Å². The first-order valence-electron chi connectivity index (χ1n) is 6.88. The molecule has 0 radical (unpaired) electrons. The highest BCUT2D eigenvalue weighted by Crippen LogP contribution is 2.18. The number of carboxylic acid groups (broad SMARTS) is 2. The SMILES string of the molecule is O=C(O)CN(CC(=O)O)CC(=O)Nc1ccc2ccccc2c1. The first-order chi connectivity index (χ1) is 10.9. The predicted molar refractivity (Wildman–Crippen MR) is 84.3 cm³/mol. The summed E-state index contributed by atoms with van der Waals surface area (Å²) in [6.07, 6.45) is 0. The van der Waals surface area contributed by atoms with E-state index in [-0.39, 0.29) is 6.54 Å². The number of fused-ring (bicyclic) bond motifs is 1. The number of aliphatic carboxylic acids is 2. The molecule has 1 amide bonds. The Labute approximate surface area is 132 Å². The molecule has 23 heavy (non-hydrogen) atoms. The molecule has 0 saturated carbocycles. The van der Waals surface area contributed by atoms with Crippen molar-refractivity contribution in [2.45, 2.75) is 0 Å². The fourth-order valence-electron chi connectivity index (χ4n) is 2.22. The van der Waals surface area contributed by atoms with Gasteiger partial charge in [0.1, 0.15) is 0 Å². The lowest BCUT2D eigenvalue weighted by atomic mass is 10.1. The van der Waals surface area contributed by atoms with Gasteiger partial charge in [0.15, 0.2) is 0 Å². The molecule has 2 aromatic carbocycles. The summed E-state index contributed by atoms with van der Waals surface area (Å²) in [7, 11) is 0. The van der Waals surface area contributed by atoms with Crippen molar-refractivity contribution in [3.05, 3.63) is 42.5 Å². The lowest BCUT2D eigenvalue weighted by Crippen LogP contribution is -2.40. The van der Waals surface area contributed by atoms with Gasteiger partial charge >= 0.3 is 11.9 Å². The van der Waals surface area contributed by atoms with E-state index in [9.17, 15) is 14.4 Å². The van der Waals surface area contributed by atoms with E-state index in [1.807, 2.05) is 30.3 Å². The highest BCUT2D eigenvalue weighted by Gasteiger charge is 2.17. The van der Waals surface area contributed by atoms with Crippen LogP contribution in [0.25, 0.3) is 10.8 Å². The second kappa shape index (κ2) is 7.37. The maximum absolute atomic E-state index is 12.0. The topological polar surface area (TPSA) is 107 Å². The summed E-state index contributed by atoms with van der Waals surface area (Å²) in [5, 5.41) is 22.1. The number of carboxylic acids is 2. The third-order valence-electron chi connectivity index (χ3n) is 3.12. The van der Waals surface area contributed by atoms with E-state index in [0.29, 0.717) is 5.69 Å². The van der Waals surface area contributed by atoms with Crippen LogP contribution in [0.15, 0.2) is 42.5 Å². The van der Waals surface area contributed by atoms with Gasteiger partial charge in [0.25, 0.3) is 0 Å². The molecule has 3 N–H and O–H groups in total. The summed E-state index contributed by atoms with van der Waals surface area (Å²) >= 11 is 0. The van der Waals surface area contributed by atoms with Crippen molar-refractivity contribution in [2.75, 3.05) is 25.0 Å². The van der Waals surface area contributed by atoms with Crippen molar-refractivity contribution in [1.82, 2.24) is 4.90 Å². The molecule has 0 unspecified atom stereocenters. The largest absolute Gasteiger partial charge is 0.480 e. The van der Waals surface area contributed by atoms with Crippen molar-refractivity contribution in [1.29, 1.82) is 0 Å². The Bertz CT molecular complexity index is 728. The van der Waals surface area contributed by atoms with Crippen LogP contribution in [0.5, 0.6) is 0 Å². The van der Waals surface area contributed by atoms with Gasteiger partial charge in [0, 0.05) is 5.69 Å². The summed E-state index contributed by atoms with van der Waals surface area (Å²) in [5.41, 5.74) is 0.569. The maximum Gasteiger partial charge on any atom is 0.317 e. The number of carbonyl (C=O) groups excluding carboxylic acids is 1. The van der Waals surface area contributed by atoms with Crippen LogP contribution in [-0.4, -0.2) is 52.6 Å². The Balaban J connectivity index is 2.03. The molecule has 0 fully saturated rings. The lowest BCUT2D eigenvalue weighted by molar-refractivity contribution is -0.142. The molecule has 0 bridgehead atoms. The summed E-state index contributed by atoms with van der Waals surface area (Å²) in [4.78, 5) is 34.4. The number of nitrogens with one attached hydrogen (secondary N) is 1. The van der Waals surface area contributed by atoms with Gasteiger partial charge in [-0.1, -0.05) is 30.3 Å². The predicted octanol–water partition coefficient (Wildman–Crippen LogP) is 1.25. The van der Waals surface area contributed by atoms with Crippen LogP contribution in [0.2, 0.25) is 0 Å². The van der Waals surface area contributed by atoms with Crippen LogP contribution in [-0.2, 0) is 14.4 Å². The third kappa shape index (κ3) is 5.08. The highest BCUT2D eigenvalue weighted by atomic mass is 16.4. The van der Waals surface area contributed by atoms with E-state index in [2.05, 4.69) is 5.32 Å². The number of rotatable bonds is 7. The molecule has 7 heteroatoms. The van der Waals surface area contributed by atoms with E-state index in [0.717, 1.165) is 15.7 Å². The molecule has 2 rings (SSSR count). The molecule has 0 heterocycles. The van der Waals surface area contributed by atoms with E-state index >= 15 is 0 Å². The van der Waals surface area contributed by atoms with Gasteiger partial charge in [-0.15, -0.1) is 0 Å². The molecule has 7 nitrogen and oxygen atoms in total. The molecular weight excluding hydrogens is 300 g/mol. The number of carbonyl (C=O) groups is 3. The average Bonchev–Trinajstić information content (AvgIpc) is 2.45. The first kappa shape index (κ1) is 16.4. The molecule has 2 aromatic rings. The van der Waals surface area contributed by atoms with E-state index < -0.39 is 30.9 Å². The smallest absolute Gasteiger partial charge is 0.317 e. The number of hydrogen-bond donors (Lipinski definition) is 3. The van der Waals surface area contributed by atoms with Crippen molar-refractivity contribution in [2.24, 2.45) is 0 Å². The molecule has 0 aromatic heterocycles. The van der Waals surface area contributed by atoms with Gasteiger partial charge in [0.05, 0.1) is 19.6 Å². The molecule has 0 saturated heterocycles. The Morgan fingerprint density at radius 2 is 1.48 bits per heavy atom. The molecule has 0 aliphatic rings. The van der Waals surface area contributed by atoms with Crippen LogP contribution < -0.4 is 5.32 Å². The Kier molecular flexibility index (Phi) is 5.27. The van der Waals surface area contributed by atoms with E-state index in [4.69, 9.17) is 10.2 Å². The minimum atomic E-state index is -1.19. The van der Waals surface area contributed by atoms with Crippen LogP contribution in [0.4, 0.5) is 5.69 Å². The van der Waals surface area contributed by atoms with Crippen LogP contribution >= 0.6 is 0 Å². The normalized spacial score (nSPS) is 10.7. The summed E-state index contributed by atoms with van der Waals surface area (Å²) in [5.74, 6) is -2.85. The monoisotopic (exact) mass is 316 g/mol. The Hall–Kier alpha value is -2.93. The fraction of sp³-hybridized carbons (Fsp3) is 0.188.